The lowest BCUT2D eigenvalue weighted by Gasteiger charge is -2.31. The summed E-state index contributed by atoms with van der Waals surface area (Å²) in [7, 11) is 2.19. The molecule has 0 amide bonds. The van der Waals surface area contributed by atoms with E-state index in [-0.39, 0.29) is 0 Å². The highest BCUT2D eigenvalue weighted by Crippen LogP contribution is 2.24. The van der Waals surface area contributed by atoms with E-state index in [1.54, 1.807) is 5.57 Å². The second-order valence-electron chi connectivity index (χ2n) is 3.61. The molecule has 0 bridgehead atoms. The summed E-state index contributed by atoms with van der Waals surface area (Å²) < 4.78 is 0. The van der Waals surface area contributed by atoms with E-state index in [4.69, 9.17) is 0 Å². The van der Waals surface area contributed by atoms with Crippen LogP contribution < -0.4 is 0 Å². The molecule has 0 radical (unpaired) electrons. The largest absolute Gasteiger partial charge is 0.302 e. The lowest BCUT2D eigenvalue weighted by molar-refractivity contribution is 0.278. The number of hydrogen-bond acceptors (Lipinski definition) is 1. The highest BCUT2D eigenvalue weighted by molar-refractivity contribution is 5.11. The monoisotopic (exact) mass is 165 g/mol. The number of likely N-dealkylation sites (tertiary alicyclic amines) is 1. The van der Waals surface area contributed by atoms with E-state index in [9.17, 15) is 0 Å². The summed E-state index contributed by atoms with van der Waals surface area (Å²) in [5.41, 5.74) is 1.59. The lowest BCUT2D eigenvalue weighted by atomic mass is 9.88. The van der Waals surface area contributed by atoms with Gasteiger partial charge in [-0.05, 0) is 39.3 Å². The van der Waals surface area contributed by atoms with E-state index in [0.29, 0.717) is 0 Å². The quantitative estimate of drug-likeness (QED) is 0.568. The van der Waals surface area contributed by atoms with Gasteiger partial charge in [0, 0.05) is 6.54 Å². The first-order valence-corrected chi connectivity index (χ1v) is 4.72. The maximum absolute atomic E-state index is 3.80. The molecule has 0 aromatic carbocycles. The molecule has 0 saturated carbocycles. The molecule has 0 aromatic heterocycles. The van der Waals surface area contributed by atoms with Crippen molar-refractivity contribution in [2.45, 2.75) is 19.8 Å². The molecular formula is C11H19N. The molecule has 1 fully saturated rings. The highest BCUT2D eigenvalue weighted by atomic mass is 15.1. The zero-order chi connectivity index (χ0) is 8.97. The van der Waals surface area contributed by atoms with Crippen LogP contribution in [0.1, 0.15) is 19.8 Å². The first-order valence-electron chi connectivity index (χ1n) is 4.72. The van der Waals surface area contributed by atoms with Crippen LogP contribution in [-0.4, -0.2) is 25.0 Å². The maximum atomic E-state index is 3.80. The number of piperidine rings is 1. The smallest absolute Gasteiger partial charge is 0.0192 e. The van der Waals surface area contributed by atoms with Crippen LogP contribution in [0.25, 0.3) is 0 Å². The van der Waals surface area contributed by atoms with Gasteiger partial charge in [-0.1, -0.05) is 17.7 Å². The number of hydrogen-bond donors (Lipinski definition) is 0. The summed E-state index contributed by atoms with van der Waals surface area (Å²) in [6.07, 6.45) is 6.75. The van der Waals surface area contributed by atoms with Crippen LogP contribution >= 0.6 is 0 Å². The maximum Gasteiger partial charge on any atom is 0.0192 e. The molecule has 1 nitrogen and oxygen atoms in total. The van der Waals surface area contributed by atoms with Gasteiger partial charge in [0.1, 0.15) is 0 Å². The predicted octanol–water partition coefficient (Wildman–Crippen LogP) is 2.46. The molecule has 68 valence electrons. The average Bonchev–Trinajstić information content (AvgIpc) is 2.08. The molecule has 12 heavy (non-hydrogen) atoms. The number of allylic oxidation sites excluding steroid dienone is 2. The summed E-state index contributed by atoms with van der Waals surface area (Å²) in [5.74, 6) is 0.767. The van der Waals surface area contributed by atoms with Gasteiger partial charge in [-0.3, -0.25) is 0 Å². The third-order valence-corrected chi connectivity index (χ3v) is 2.66. The Morgan fingerprint density at radius 1 is 1.67 bits per heavy atom. The Balaban J connectivity index is 2.56. The van der Waals surface area contributed by atoms with Crippen molar-refractivity contribution in [1.82, 2.24) is 4.90 Å². The molecule has 1 heteroatoms. The third kappa shape index (κ3) is 2.21. The number of likely N-dealkylation sites (N-methyl/N-ethyl adjacent to an activating group) is 1. The van der Waals surface area contributed by atoms with Crippen LogP contribution in [0.15, 0.2) is 24.3 Å². The van der Waals surface area contributed by atoms with E-state index in [1.165, 1.54) is 13.0 Å². The van der Waals surface area contributed by atoms with E-state index in [2.05, 4.69) is 31.5 Å². The number of rotatable bonds is 2. The summed E-state index contributed by atoms with van der Waals surface area (Å²) in [6, 6.07) is 0. The van der Waals surface area contributed by atoms with Gasteiger partial charge in [-0.25, -0.2) is 0 Å². The van der Waals surface area contributed by atoms with Gasteiger partial charge in [-0.2, -0.15) is 0 Å². The minimum atomic E-state index is 0.767. The van der Waals surface area contributed by atoms with Crippen molar-refractivity contribution in [1.29, 1.82) is 0 Å². The number of nitrogens with zero attached hydrogens (tertiary/aromatic N) is 1. The summed E-state index contributed by atoms with van der Waals surface area (Å²) in [4.78, 5) is 2.38. The van der Waals surface area contributed by atoms with Crippen molar-refractivity contribution in [2.75, 3.05) is 20.1 Å². The van der Waals surface area contributed by atoms with Crippen LogP contribution in [0, 0.1) is 5.92 Å². The van der Waals surface area contributed by atoms with Gasteiger partial charge in [0.15, 0.2) is 0 Å². The zero-order valence-corrected chi connectivity index (χ0v) is 8.21. The molecule has 1 aliphatic heterocycles. The van der Waals surface area contributed by atoms with E-state index in [0.717, 1.165) is 18.9 Å². The van der Waals surface area contributed by atoms with Crippen LogP contribution in [0.3, 0.4) is 0 Å². The molecule has 0 aliphatic carbocycles. The molecule has 1 heterocycles. The molecule has 0 aromatic rings. The van der Waals surface area contributed by atoms with Gasteiger partial charge >= 0.3 is 0 Å². The van der Waals surface area contributed by atoms with Crippen molar-refractivity contribution in [3.63, 3.8) is 0 Å². The lowest BCUT2D eigenvalue weighted by Crippen LogP contribution is -2.32. The van der Waals surface area contributed by atoms with Crippen molar-refractivity contribution >= 4 is 0 Å². The van der Waals surface area contributed by atoms with Gasteiger partial charge in [0.2, 0.25) is 0 Å². The van der Waals surface area contributed by atoms with Crippen LogP contribution in [0.5, 0.6) is 0 Å². The third-order valence-electron chi connectivity index (χ3n) is 2.66. The molecule has 1 saturated heterocycles. The second kappa shape index (κ2) is 4.46. The standard InChI is InChI=1S/C11H19N/c1-4-6-11-7-8-12(3)9-10(11)5-2/h4-5,11H,1,6-9H2,2-3H3/b10-5+. The first-order chi connectivity index (χ1) is 5.77. The Hall–Kier alpha value is -0.560. The van der Waals surface area contributed by atoms with Crippen LogP contribution in [-0.2, 0) is 0 Å². The van der Waals surface area contributed by atoms with Crippen molar-refractivity contribution in [3.8, 4) is 0 Å². The molecule has 0 spiro atoms. The fourth-order valence-electron chi connectivity index (χ4n) is 1.88. The Morgan fingerprint density at radius 2 is 2.42 bits per heavy atom. The van der Waals surface area contributed by atoms with Crippen molar-refractivity contribution in [2.24, 2.45) is 5.92 Å². The Labute approximate surface area is 75.8 Å². The topological polar surface area (TPSA) is 3.24 Å². The minimum Gasteiger partial charge on any atom is -0.302 e. The fourth-order valence-corrected chi connectivity index (χ4v) is 1.88. The normalized spacial score (nSPS) is 29.2. The highest BCUT2D eigenvalue weighted by Gasteiger charge is 2.19. The second-order valence-corrected chi connectivity index (χ2v) is 3.61. The average molecular weight is 165 g/mol. The van der Waals surface area contributed by atoms with Crippen molar-refractivity contribution in [3.05, 3.63) is 24.3 Å². The zero-order valence-electron chi connectivity index (χ0n) is 8.21. The molecule has 1 unspecified atom stereocenters. The van der Waals surface area contributed by atoms with Gasteiger partial charge in [0.05, 0.1) is 0 Å². The Bertz CT molecular complexity index is 181. The molecule has 1 aliphatic rings. The minimum absolute atomic E-state index is 0.767. The fraction of sp³-hybridized carbons (Fsp3) is 0.636. The van der Waals surface area contributed by atoms with E-state index < -0.39 is 0 Å². The van der Waals surface area contributed by atoms with Crippen LogP contribution in [0.4, 0.5) is 0 Å². The van der Waals surface area contributed by atoms with Crippen LogP contribution in [0.2, 0.25) is 0 Å². The summed E-state index contributed by atoms with van der Waals surface area (Å²) in [6.45, 7) is 8.32. The summed E-state index contributed by atoms with van der Waals surface area (Å²) in [5, 5.41) is 0. The molecule has 0 N–H and O–H groups in total. The van der Waals surface area contributed by atoms with Gasteiger partial charge in [-0.15, -0.1) is 6.58 Å². The van der Waals surface area contributed by atoms with E-state index >= 15 is 0 Å². The van der Waals surface area contributed by atoms with Gasteiger partial charge in [0.25, 0.3) is 0 Å². The van der Waals surface area contributed by atoms with E-state index in [1.807, 2.05) is 6.08 Å². The van der Waals surface area contributed by atoms with Crippen molar-refractivity contribution < 1.29 is 0 Å². The molecule has 1 rings (SSSR count). The van der Waals surface area contributed by atoms with Gasteiger partial charge < -0.3 is 4.90 Å². The summed E-state index contributed by atoms with van der Waals surface area (Å²) >= 11 is 0. The molecular weight excluding hydrogens is 146 g/mol. The Kier molecular flexibility index (Phi) is 3.54. The Morgan fingerprint density at radius 3 is 3.00 bits per heavy atom. The predicted molar refractivity (Wildman–Crippen MR) is 54.2 cm³/mol. The first kappa shape index (κ1) is 9.53. The molecule has 1 atom stereocenters. The SMILES string of the molecule is C=CCC1CCN(C)C/C1=C\C.